The van der Waals surface area contributed by atoms with E-state index in [2.05, 4.69) is 5.32 Å². The Hall–Kier alpha value is -2.04. The van der Waals surface area contributed by atoms with E-state index in [1.807, 2.05) is 13.0 Å². The van der Waals surface area contributed by atoms with Crippen LogP contribution in [0.15, 0.2) is 24.3 Å². The van der Waals surface area contributed by atoms with Crippen LogP contribution in [0.25, 0.3) is 0 Å². The molecule has 1 saturated heterocycles. The summed E-state index contributed by atoms with van der Waals surface area (Å²) in [6.07, 6.45) is 0.545. The molecule has 1 heterocycles. The highest BCUT2D eigenvalue weighted by Gasteiger charge is 2.47. The number of rotatable bonds is 3. The molecule has 1 aliphatic heterocycles. The van der Waals surface area contributed by atoms with Crippen molar-refractivity contribution in [3.05, 3.63) is 29.8 Å². The predicted octanol–water partition coefficient (Wildman–Crippen LogP) is 1.61. The van der Waals surface area contributed by atoms with Gasteiger partial charge < -0.3 is 10.0 Å². The molecule has 96 valence electrons. The largest absolute Gasteiger partial charge is 0.508 e. The number of carbonyl (C=O) groups is 2. The van der Waals surface area contributed by atoms with Gasteiger partial charge in [0.15, 0.2) is 0 Å². The number of hydrogen-bond donors (Lipinski definition) is 2. The van der Waals surface area contributed by atoms with Crippen LogP contribution in [0.5, 0.6) is 5.75 Å². The first-order valence-corrected chi connectivity index (χ1v) is 5.88. The molecule has 2 rings (SSSR count). The highest BCUT2D eigenvalue weighted by molar-refractivity contribution is 6.06. The second-order valence-corrected chi connectivity index (χ2v) is 4.64. The number of nitrogens with one attached hydrogen (secondary N) is 1. The SMILES string of the molecule is CCC1(C)C(=O)NC(=O)N1Cc1cccc(O)c1. The zero-order chi connectivity index (χ0) is 13.3. The van der Waals surface area contributed by atoms with E-state index >= 15 is 0 Å². The maximum atomic E-state index is 11.8. The van der Waals surface area contributed by atoms with Crippen molar-refractivity contribution in [1.82, 2.24) is 10.2 Å². The minimum absolute atomic E-state index is 0.150. The third kappa shape index (κ3) is 1.92. The molecule has 3 amide bonds. The Morgan fingerprint density at radius 3 is 2.72 bits per heavy atom. The number of aromatic hydroxyl groups is 1. The van der Waals surface area contributed by atoms with E-state index in [1.165, 1.54) is 4.90 Å². The lowest BCUT2D eigenvalue weighted by Crippen LogP contribution is -2.45. The van der Waals surface area contributed by atoms with Crippen molar-refractivity contribution in [1.29, 1.82) is 0 Å². The van der Waals surface area contributed by atoms with Gasteiger partial charge in [-0.05, 0) is 31.0 Å². The fraction of sp³-hybridized carbons (Fsp3) is 0.385. The third-order valence-corrected chi connectivity index (χ3v) is 3.49. The summed E-state index contributed by atoms with van der Waals surface area (Å²) in [4.78, 5) is 25.1. The average Bonchev–Trinajstić information content (AvgIpc) is 2.54. The number of urea groups is 1. The first-order valence-electron chi connectivity index (χ1n) is 5.88. The van der Waals surface area contributed by atoms with Gasteiger partial charge in [-0.25, -0.2) is 4.79 Å². The number of carbonyl (C=O) groups excluding carboxylic acids is 2. The van der Waals surface area contributed by atoms with Crippen molar-refractivity contribution in [2.45, 2.75) is 32.4 Å². The van der Waals surface area contributed by atoms with Gasteiger partial charge in [0.1, 0.15) is 11.3 Å². The zero-order valence-electron chi connectivity index (χ0n) is 10.4. The summed E-state index contributed by atoms with van der Waals surface area (Å²) in [6, 6.07) is 6.30. The van der Waals surface area contributed by atoms with E-state index in [0.717, 1.165) is 5.56 Å². The van der Waals surface area contributed by atoms with Crippen molar-refractivity contribution in [3.63, 3.8) is 0 Å². The average molecular weight is 248 g/mol. The number of hydrogen-bond acceptors (Lipinski definition) is 3. The maximum Gasteiger partial charge on any atom is 0.325 e. The Bertz CT molecular complexity index is 501. The summed E-state index contributed by atoms with van der Waals surface area (Å²) >= 11 is 0. The Balaban J connectivity index is 2.27. The zero-order valence-corrected chi connectivity index (χ0v) is 10.4. The molecule has 0 spiro atoms. The van der Waals surface area contributed by atoms with Crippen LogP contribution in [-0.2, 0) is 11.3 Å². The molecule has 18 heavy (non-hydrogen) atoms. The van der Waals surface area contributed by atoms with E-state index in [1.54, 1.807) is 25.1 Å². The van der Waals surface area contributed by atoms with Gasteiger partial charge in [0.05, 0.1) is 0 Å². The van der Waals surface area contributed by atoms with Gasteiger partial charge in [-0.2, -0.15) is 0 Å². The lowest BCUT2D eigenvalue weighted by Gasteiger charge is -2.30. The summed E-state index contributed by atoms with van der Waals surface area (Å²) in [5, 5.41) is 11.7. The van der Waals surface area contributed by atoms with E-state index in [9.17, 15) is 14.7 Å². The van der Waals surface area contributed by atoms with Crippen LogP contribution in [0.4, 0.5) is 4.79 Å². The normalized spacial score (nSPS) is 23.3. The molecule has 1 unspecified atom stereocenters. The highest BCUT2D eigenvalue weighted by Crippen LogP contribution is 2.27. The number of nitrogens with zero attached hydrogens (tertiary/aromatic N) is 1. The third-order valence-electron chi connectivity index (χ3n) is 3.49. The fourth-order valence-electron chi connectivity index (χ4n) is 2.08. The Labute approximate surface area is 105 Å². The lowest BCUT2D eigenvalue weighted by molar-refractivity contribution is -0.126. The van der Waals surface area contributed by atoms with E-state index in [0.29, 0.717) is 13.0 Å². The topological polar surface area (TPSA) is 69.6 Å². The Morgan fingerprint density at radius 1 is 1.39 bits per heavy atom. The molecule has 1 atom stereocenters. The Kier molecular flexibility index (Phi) is 2.98. The van der Waals surface area contributed by atoms with Crippen LogP contribution in [0.3, 0.4) is 0 Å². The van der Waals surface area contributed by atoms with Gasteiger partial charge in [0, 0.05) is 6.54 Å². The van der Waals surface area contributed by atoms with E-state index < -0.39 is 5.54 Å². The standard InChI is InChI=1S/C13H16N2O3/c1-3-13(2)11(17)14-12(18)15(13)8-9-5-4-6-10(16)7-9/h4-7,16H,3,8H2,1-2H3,(H,14,17,18). The molecule has 1 aliphatic rings. The summed E-state index contributed by atoms with van der Waals surface area (Å²) in [7, 11) is 0. The van der Waals surface area contributed by atoms with Crippen molar-refractivity contribution in [2.75, 3.05) is 0 Å². The first-order chi connectivity index (χ1) is 8.47. The monoisotopic (exact) mass is 248 g/mol. The molecule has 2 N–H and O–H groups in total. The van der Waals surface area contributed by atoms with Crippen molar-refractivity contribution >= 4 is 11.9 Å². The molecule has 5 nitrogen and oxygen atoms in total. The number of phenols is 1. The minimum atomic E-state index is -0.817. The number of amides is 3. The molecule has 1 aromatic rings. The van der Waals surface area contributed by atoms with E-state index in [4.69, 9.17) is 0 Å². The van der Waals surface area contributed by atoms with Gasteiger partial charge in [-0.1, -0.05) is 19.1 Å². The second-order valence-electron chi connectivity index (χ2n) is 4.64. The van der Waals surface area contributed by atoms with Crippen LogP contribution in [0.1, 0.15) is 25.8 Å². The molecule has 0 aromatic heterocycles. The lowest BCUT2D eigenvalue weighted by atomic mass is 9.97. The molecule has 5 heteroatoms. The van der Waals surface area contributed by atoms with Crippen LogP contribution < -0.4 is 5.32 Å². The van der Waals surface area contributed by atoms with Gasteiger partial charge >= 0.3 is 6.03 Å². The number of benzene rings is 1. The van der Waals surface area contributed by atoms with Crippen LogP contribution in [0.2, 0.25) is 0 Å². The molecule has 0 radical (unpaired) electrons. The molecule has 0 aliphatic carbocycles. The molecule has 1 aromatic carbocycles. The number of phenolic OH excluding ortho intramolecular Hbond substituents is 1. The Morgan fingerprint density at radius 2 is 2.11 bits per heavy atom. The molecule has 1 fully saturated rings. The quantitative estimate of drug-likeness (QED) is 0.798. The van der Waals surface area contributed by atoms with E-state index in [-0.39, 0.29) is 17.7 Å². The molecular formula is C13H16N2O3. The van der Waals surface area contributed by atoms with Crippen molar-refractivity contribution in [2.24, 2.45) is 0 Å². The summed E-state index contributed by atoms with van der Waals surface area (Å²) in [6.45, 7) is 3.92. The fourth-order valence-corrected chi connectivity index (χ4v) is 2.08. The van der Waals surface area contributed by atoms with Gasteiger partial charge in [-0.3, -0.25) is 10.1 Å². The van der Waals surface area contributed by atoms with Crippen LogP contribution in [-0.4, -0.2) is 27.5 Å². The summed E-state index contributed by atoms with van der Waals surface area (Å²) in [5.74, 6) is -0.119. The summed E-state index contributed by atoms with van der Waals surface area (Å²) < 4.78 is 0. The smallest absolute Gasteiger partial charge is 0.325 e. The van der Waals surface area contributed by atoms with Gasteiger partial charge in [0.25, 0.3) is 5.91 Å². The van der Waals surface area contributed by atoms with Gasteiger partial charge in [0.2, 0.25) is 0 Å². The first kappa shape index (κ1) is 12.4. The molecule has 0 saturated carbocycles. The van der Waals surface area contributed by atoms with Crippen LogP contribution in [0, 0.1) is 0 Å². The summed E-state index contributed by atoms with van der Waals surface area (Å²) in [5.41, 5.74) is -0.0257. The van der Waals surface area contributed by atoms with Crippen molar-refractivity contribution in [3.8, 4) is 5.75 Å². The maximum absolute atomic E-state index is 11.8. The van der Waals surface area contributed by atoms with Crippen LogP contribution >= 0.6 is 0 Å². The highest BCUT2D eigenvalue weighted by atomic mass is 16.3. The molecule has 0 bridgehead atoms. The number of imide groups is 1. The van der Waals surface area contributed by atoms with Gasteiger partial charge in [-0.15, -0.1) is 0 Å². The predicted molar refractivity (Wildman–Crippen MR) is 65.9 cm³/mol. The minimum Gasteiger partial charge on any atom is -0.508 e. The second kappa shape index (κ2) is 4.33. The van der Waals surface area contributed by atoms with Crippen molar-refractivity contribution < 1.29 is 14.7 Å². The molecular weight excluding hydrogens is 232 g/mol.